The number of ether oxygens (including phenoxy) is 4. The van der Waals surface area contributed by atoms with E-state index in [4.69, 9.17) is 18.9 Å². The van der Waals surface area contributed by atoms with Gasteiger partial charge in [0.25, 0.3) is 11.8 Å². The minimum Gasteiger partial charge on any atom is -0.493 e. The predicted molar refractivity (Wildman–Crippen MR) is 171 cm³/mol. The van der Waals surface area contributed by atoms with Gasteiger partial charge in [0.2, 0.25) is 11.8 Å². The van der Waals surface area contributed by atoms with E-state index < -0.39 is 12.1 Å². The predicted octanol–water partition coefficient (Wildman–Crippen LogP) is 2.65. The van der Waals surface area contributed by atoms with Crippen molar-refractivity contribution in [3.8, 4) is 23.0 Å². The van der Waals surface area contributed by atoms with Gasteiger partial charge < -0.3 is 29.6 Å². The molecule has 2 fully saturated rings. The molecule has 0 aliphatic carbocycles. The molecule has 2 heterocycles. The maximum Gasteiger partial charge on any atom is 0.251 e. The average molecular weight is 631 g/mol. The van der Waals surface area contributed by atoms with E-state index in [0.717, 1.165) is 20.9 Å². The van der Waals surface area contributed by atoms with Gasteiger partial charge in [0, 0.05) is 0 Å². The summed E-state index contributed by atoms with van der Waals surface area (Å²) in [6, 6.07) is 16.3. The van der Waals surface area contributed by atoms with Gasteiger partial charge in [-0.05, 0) is 85.6 Å². The van der Waals surface area contributed by atoms with E-state index in [2.05, 4.69) is 10.6 Å². The van der Waals surface area contributed by atoms with E-state index in [0.29, 0.717) is 60.3 Å². The summed E-state index contributed by atoms with van der Waals surface area (Å²) in [6.45, 7) is 0.962. The summed E-state index contributed by atoms with van der Waals surface area (Å²) in [4.78, 5) is 54.3. The number of anilines is 2. The molecule has 3 aromatic rings. The fraction of sp³-hybridized carbons (Fsp3) is 0.353. The first kappa shape index (κ1) is 32.5. The second-order valence-electron chi connectivity index (χ2n) is 11.0. The van der Waals surface area contributed by atoms with Gasteiger partial charge in [-0.1, -0.05) is 12.1 Å². The SMILES string of the molecule is COc1ccc(CCN[C@H]2CC(=O)N(c3ccc(N4C(=O)C[C@@H](NCCc5ccc(OC)c(OC)c5)C4=O)cc3)C2=O)cc1OC. The van der Waals surface area contributed by atoms with Crippen molar-refractivity contribution in [2.45, 2.75) is 37.8 Å². The van der Waals surface area contributed by atoms with Crippen LogP contribution in [0.5, 0.6) is 23.0 Å². The molecule has 2 saturated heterocycles. The van der Waals surface area contributed by atoms with Gasteiger partial charge >= 0.3 is 0 Å². The summed E-state index contributed by atoms with van der Waals surface area (Å²) < 4.78 is 21.3. The van der Waals surface area contributed by atoms with E-state index in [1.54, 1.807) is 52.7 Å². The minimum absolute atomic E-state index is 0.0340. The smallest absolute Gasteiger partial charge is 0.251 e. The van der Waals surface area contributed by atoms with Crippen molar-refractivity contribution >= 4 is 35.0 Å². The van der Waals surface area contributed by atoms with Crippen LogP contribution in [-0.4, -0.2) is 77.2 Å². The van der Waals surface area contributed by atoms with Crippen LogP contribution in [0.4, 0.5) is 11.4 Å². The Kier molecular flexibility index (Phi) is 10.2. The molecule has 4 amide bonds. The molecule has 12 nitrogen and oxygen atoms in total. The Hall–Kier alpha value is -4.94. The van der Waals surface area contributed by atoms with Crippen LogP contribution < -0.4 is 39.4 Å². The first-order valence-corrected chi connectivity index (χ1v) is 15.0. The minimum atomic E-state index is -0.653. The fourth-order valence-corrected chi connectivity index (χ4v) is 5.73. The molecule has 0 bridgehead atoms. The molecule has 0 aromatic heterocycles. The van der Waals surface area contributed by atoms with Crippen molar-refractivity contribution in [1.82, 2.24) is 10.6 Å². The lowest BCUT2D eigenvalue weighted by molar-refractivity contribution is -0.123. The molecule has 2 aliphatic heterocycles. The summed E-state index contributed by atoms with van der Waals surface area (Å²) in [7, 11) is 6.29. The van der Waals surface area contributed by atoms with Crippen molar-refractivity contribution in [1.29, 1.82) is 0 Å². The number of rotatable bonds is 14. The molecule has 46 heavy (non-hydrogen) atoms. The number of amides is 4. The number of imide groups is 2. The molecule has 0 unspecified atom stereocenters. The standard InChI is InChI=1S/C34H38N4O8/c1-43-27-11-5-21(17-29(27)45-3)13-15-35-25-19-31(39)37(33(25)41)23-7-9-24(10-8-23)38-32(40)20-26(34(38)42)36-16-14-22-6-12-28(44-2)30(18-22)46-4/h5-12,17-18,25-26,35-36H,13-16,19-20H2,1-4H3/t25-,26+. The number of methoxy groups -OCH3 is 4. The van der Waals surface area contributed by atoms with Crippen molar-refractivity contribution in [2.75, 3.05) is 51.3 Å². The zero-order valence-electron chi connectivity index (χ0n) is 26.3. The number of hydrogen-bond acceptors (Lipinski definition) is 10. The second-order valence-corrected chi connectivity index (χ2v) is 11.0. The highest BCUT2D eigenvalue weighted by atomic mass is 16.5. The highest BCUT2D eigenvalue weighted by molar-refractivity contribution is 6.24. The van der Waals surface area contributed by atoms with Gasteiger partial charge in [-0.25, -0.2) is 9.80 Å². The Balaban J connectivity index is 1.15. The molecular formula is C34H38N4O8. The highest BCUT2D eigenvalue weighted by Gasteiger charge is 2.41. The maximum atomic E-state index is 13.2. The van der Waals surface area contributed by atoms with Crippen LogP contribution in [0.25, 0.3) is 0 Å². The number of nitrogens with one attached hydrogen (secondary N) is 2. The largest absolute Gasteiger partial charge is 0.493 e. The van der Waals surface area contributed by atoms with Gasteiger partial charge in [0.1, 0.15) is 0 Å². The first-order chi connectivity index (χ1) is 22.3. The number of hydrogen-bond donors (Lipinski definition) is 2. The molecule has 2 N–H and O–H groups in total. The summed E-state index contributed by atoms with van der Waals surface area (Å²) in [5.74, 6) is 1.16. The topological polar surface area (TPSA) is 136 Å². The maximum absolute atomic E-state index is 13.2. The van der Waals surface area contributed by atoms with Gasteiger partial charge in [-0.3, -0.25) is 19.2 Å². The van der Waals surface area contributed by atoms with Crippen LogP contribution in [0.15, 0.2) is 60.7 Å². The normalized spacial score (nSPS) is 18.0. The second kappa shape index (κ2) is 14.4. The Morgan fingerprint density at radius 3 is 1.28 bits per heavy atom. The average Bonchev–Trinajstić information content (AvgIpc) is 3.52. The van der Waals surface area contributed by atoms with Crippen molar-refractivity contribution < 1.29 is 38.1 Å². The molecule has 12 heteroatoms. The molecule has 2 aliphatic rings. The molecular weight excluding hydrogens is 592 g/mol. The molecule has 3 aromatic carbocycles. The quantitative estimate of drug-likeness (QED) is 0.256. The van der Waals surface area contributed by atoms with Crippen LogP contribution in [0, 0.1) is 0 Å². The Bertz CT molecular complexity index is 1490. The van der Waals surface area contributed by atoms with Crippen molar-refractivity contribution in [3.63, 3.8) is 0 Å². The van der Waals surface area contributed by atoms with Gasteiger partial charge in [-0.2, -0.15) is 0 Å². The summed E-state index contributed by atoms with van der Waals surface area (Å²) in [5.41, 5.74) is 2.75. The summed E-state index contributed by atoms with van der Waals surface area (Å²) in [5, 5.41) is 6.37. The number of benzene rings is 3. The van der Waals surface area contributed by atoms with Gasteiger partial charge in [0.05, 0.1) is 64.7 Å². The highest BCUT2D eigenvalue weighted by Crippen LogP contribution is 2.30. The van der Waals surface area contributed by atoms with E-state index in [1.165, 1.54) is 0 Å². The van der Waals surface area contributed by atoms with Crippen LogP contribution in [-0.2, 0) is 32.0 Å². The van der Waals surface area contributed by atoms with Gasteiger partial charge in [0.15, 0.2) is 23.0 Å². The molecule has 0 spiro atoms. The Morgan fingerprint density at radius 2 is 0.935 bits per heavy atom. The third-order valence-corrected chi connectivity index (χ3v) is 8.16. The first-order valence-electron chi connectivity index (χ1n) is 15.0. The number of nitrogens with zero attached hydrogens (tertiary/aromatic N) is 2. The van der Waals surface area contributed by atoms with Crippen LogP contribution in [0.2, 0.25) is 0 Å². The summed E-state index contributed by atoms with van der Waals surface area (Å²) >= 11 is 0. The van der Waals surface area contributed by atoms with Crippen LogP contribution in [0.1, 0.15) is 24.0 Å². The lowest BCUT2D eigenvalue weighted by Crippen LogP contribution is -2.40. The molecule has 0 radical (unpaired) electrons. The fourth-order valence-electron chi connectivity index (χ4n) is 5.73. The molecule has 242 valence electrons. The third kappa shape index (κ3) is 6.82. The molecule has 5 rings (SSSR count). The lowest BCUT2D eigenvalue weighted by atomic mass is 10.1. The Labute approximate surface area is 267 Å². The van der Waals surface area contributed by atoms with E-state index in [1.807, 2.05) is 36.4 Å². The zero-order chi connectivity index (χ0) is 32.8. The Morgan fingerprint density at radius 1 is 0.565 bits per heavy atom. The van der Waals surface area contributed by atoms with Crippen LogP contribution in [0.3, 0.4) is 0 Å². The zero-order valence-corrected chi connectivity index (χ0v) is 26.3. The van der Waals surface area contributed by atoms with Crippen molar-refractivity contribution in [2.24, 2.45) is 0 Å². The lowest BCUT2D eigenvalue weighted by Gasteiger charge is -2.19. The summed E-state index contributed by atoms with van der Waals surface area (Å²) in [6.07, 6.45) is 1.31. The van der Waals surface area contributed by atoms with Gasteiger partial charge in [-0.15, -0.1) is 0 Å². The van der Waals surface area contributed by atoms with Crippen molar-refractivity contribution in [3.05, 3.63) is 71.8 Å². The van der Waals surface area contributed by atoms with E-state index in [9.17, 15) is 19.2 Å². The molecule has 0 saturated carbocycles. The van der Waals surface area contributed by atoms with E-state index in [-0.39, 0.29) is 36.5 Å². The van der Waals surface area contributed by atoms with E-state index >= 15 is 0 Å². The number of carbonyl (C=O) groups is 4. The van der Waals surface area contributed by atoms with Crippen LogP contribution >= 0.6 is 0 Å². The third-order valence-electron chi connectivity index (χ3n) is 8.16. The monoisotopic (exact) mass is 630 g/mol. The number of carbonyl (C=O) groups excluding carboxylic acids is 4. The molecule has 2 atom stereocenters.